The number of ketones is 1. The Morgan fingerprint density at radius 3 is 2.63 bits per heavy atom. The fourth-order valence-corrected chi connectivity index (χ4v) is 7.50. The molecular weight excluding hydrogens is 415 g/mol. The standard InChI is InChI=1S/C25H30Cl2N2O/c1-24-12-10-16(28-29-21-5-3-4-20(26)23(21)27)14-15(24)6-7-17-18-8-9-22(30)25(18,2)13-11-19(17)24/h3-5,14,17-19,29H,6-13H2,1-2H3/b28-16+/t17-,18-,19-,24+,25-/m1/s1. The van der Waals surface area contributed by atoms with Crippen LogP contribution in [0.15, 0.2) is 34.9 Å². The number of anilines is 1. The Balaban J connectivity index is 1.38. The minimum atomic E-state index is -0.0415. The second-order valence-electron chi connectivity index (χ2n) is 10.2. The van der Waals surface area contributed by atoms with Crippen molar-refractivity contribution in [3.63, 3.8) is 0 Å². The van der Waals surface area contributed by atoms with Crippen molar-refractivity contribution in [1.29, 1.82) is 0 Å². The van der Waals surface area contributed by atoms with E-state index in [0.717, 1.165) is 49.9 Å². The van der Waals surface area contributed by atoms with E-state index in [1.54, 1.807) is 11.6 Å². The number of nitrogens with zero attached hydrogens (tertiary/aromatic N) is 1. The van der Waals surface area contributed by atoms with Crippen LogP contribution >= 0.6 is 23.2 Å². The summed E-state index contributed by atoms with van der Waals surface area (Å²) in [5, 5.41) is 5.70. The van der Waals surface area contributed by atoms with Gasteiger partial charge in [-0.15, -0.1) is 0 Å². The van der Waals surface area contributed by atoms with Crippen molar-refractivity contribution in [2.24, 2.45) is 33.7 Å². The number of allylic oxidation sites excluding steroid dienone is 2. The van der Waals surface area contributed by atoms with Gasteiger partial charge in [0.1, 0.15) is 5.78 Å². The van der Waals surface area contributed by atoms with E-state index in [-0.39, 0.29) is 10.8 Å². The number of hydrazone groups is 1. The van der Waals surface area contributed by atoms with Crippen molar-refractivity contribution in [1.82, 2.24) is 0 Å². The molecule has 0 saturated heterocycles. The number of hydrogen-bond donors (Lipinski definition) is 1. The van der Waals surface area contributed by atoms with Gasteiger partial charge in [0.05, 0.1) is 21.4 Å². The zero-order chi connectivity index (χ0) is 21.1. The van der Waals surface area contributed by atoms with Crippen LogP contribution in [0.1, 0.15) is 65.2 Å². The molecule has 4 aliphatic carbocycles. The largest absolute Gasteiger partial charge is 0.299 e. The van der Waals surface area contributed by atoms with Crippen LogP contribution in [0.25, 0.3) is 0 Å². The van der Waals surface area contributed by atoms with Crippen LogP contribution in [0.4, 0.5) is 5.69 Å². The van der Waals surface area contributed by atoms with Crippen LogP contribution in [-0.2, 0) is 4.79 Å². The molecule has 0 heterocycles. The molecule has 0 unspecified atom stereocenters. The first-order chi connectivity index (χ1) is 14.3. The van der Waals surface area contributed by atoms with Crippen molar-refractivity contribution >= 4 is 40.4 Å². The van der Waals surface area contributed by atoms with E-state index in [9.17, 15) is 4.79 Å². The first-order valence-corrected chi connectivity index (χ1v) is 12.1. The van der Waals surface area contributed by atoms with Gasteiger partial charge in [-0.2, -0.15) is 5.10 Å². The summed E-state index contributed by atoms with van der Waals surface area (Å²) >= 11 is 12.4. The second kappa shape index (κ2) is 7.38. The normalized spacial score (nSPS) is 39.2. The second-order valence-corrected chi connectivity index (χ2v) is 11.0. The average Bonchev–Trinajstić information content (AvgIpc) is 3.04. The number of benzene rings is 1. The summed E-state index contributed by atoms with van der Waals surface area (Å²) in [6.45, 7) is 4.74. The molecule has 0 amide bonds. The van der Waals surface area contributed by atoms with Gasteiger partial charge in [0.2, 0.25) is 0 Å². The van der Waals surface area contributed by atoms with Crippen LogP contribution in [0, 0.1) is 28.6 Å². The molecule has 3 nitrogen and oxygen atoms in total. The van der Waals surface area contributed by atoms with Crippen molar-refractivity contribution in [3.8, 4) is 0 Å². The van der Waals surface area contributed by atoms with Gasteiger partial charge in [-0.05, 0) is 86.3 Å². The van der Waals surface area contributed by atoms with Gasteiger partial charge in [0.15, 0.2) is 0 Å². The lowest BCUT2D eigenvalue weighted by atomic mass is 9.47. The third-order valence-electron chi connectivity index (χ3n) is 8.96. The smallest absolute Gasteiger partial charge is 0.139 e. The van der Waals surface area contributed by atoms with Gasteiger partial charge in [0.25, 0.3) is 0 Å². The maximum atomic E-state index is 12.6. The molecule has 3 fully saturated rings. The molecular formula is C25H30Cl2N2O. The molecule has 5 atom stereocenters. The highest BCUT2D eigenvalue weighted by Gasteiger charge is 2.58. The van der Waals surface area contributed by atoms with Crippen LogP contribution in [0.3, 0.4) is 0 Å². The van der Waals surface area contributed by atoms with Gasteiger partial charge >= 0.3 is 0 Å². The number of Topliss-reactive ketones (excluding diaryl/α,β-unsaturated/α-hetero) is 1. The zero-order valence-electron chi connectivity index (χ0n) is 17.8. The molecule has 0 spiro atoms. The highest BCUT2D eigenvalue weighted by Crippen LogP contribution is 2.64. The van der Waals surface area contributed by atoms with E-state index in [4.69, 9.17) is 23.2 Å². The van der Waals surface area contributed by atoms with E-state index >= 15 is 0 Å². The molecule has 30 heavy (non-hydrogen) atoms. The van der Waals surface area contributed by atoms with Gasteiger partial charge in [0, 0.05) is 11.8 Å². The number of carbonyl (C=O) groups is 1. The Morgan fingerprint density at radius 1 is 1.00 bits per heavy atom. The molecule has 1 N–H and O–H groups in total. The number of halogens is 2. The van der Waals surface area contributed by atoms with Crippen LogP contribution in [0.2, 0.25) is 10.0 Å². The molecule has 0 radical (unpaired) electrons. The maximum Gasteiger partial charge on any atom is 0.139 e. The number of fused-ring (bicyclic) bond motifs is 5. The molecule has 5 rings (SSSR count). The summed E-state index contributed by atoms with van der Waals surface area (Å²) in [5.74, 6) is 2.54. The quantitative estimate of drug-likeness (QED) is 0.486. The first-order valence-electron chi connectivity index (χ1n) is 11.3. The molecule has 3 saturated carbocycles. The maximum absolute atomic E-state index is 12.6. The predicted octanol–water partition coefficient (Wildman–Crippen LogP) is 7.29. The summed E-state index contributed by atoms with van der Waals surface area (Å²) in [6.07, 6.45) is 11.0. The SMILES string of the molecule is C[C@@]12CC[C@@H]3[C@H](CCC4=C/C(=N/Nc5cccc(Cl)c5Cl)CC[C@@]43C)[C@H]1CCC2=O. The Labute approximate surface area is 189 Å². The number of carbonyl (C=O) groups excluding carboxylic acids is 1. The molecule has 1 aromatic rings. The lowest BCUT2D eigenvalue weighted by Gasteiger charge is -2.57. The van der Waals surface area contributed by atoms with E-state index in [1.807, 2.05) is 12.1 Å². The molecule has 1 aromatic carbocycles. The number of hydrogen-bond acceptors (Lipinski definition) is 3. The Hall–Kier alpha value is -1.32. The Morgan fingerprint density at radius 2 is 1.80 bits per heavy atom. The lowest BCUT2D eigenvalue weighted by molar-refractivity contribution is -0.132. The van der Waals surface area contributed by atoms with E-state index in [2.05, 4.69) is 30.5 Å². The van der Waals surface area contributed by atoms with E-state index < -0.39 is 0 Å². The number of nitrogens with one attached hydrogen (secondary N) is 1. The van der Waals surface area contributed by atoms with Crippen molar-refractivity contribution in [2.45, 2.75) is 65.2 Å². The summed E-state index contributed by atoms with van der Waals surface area (Å²) < 4.78 is 0. The fraction of sp³-hybridized carbons (Fsp3) is 0.600. The molecule has 0 aromatic heterocycles. The predicted molar refractivity (Wildman–Crippen MR) is 124 cm³/mol. The van der Waals surface area contributed by atoms with Gasteiger partial charge in [-0.3, -0.25) is 10.2 Å². The average molecular weight is 445 g/mol. The van der Waals surface area contributed by atoms with Gasteiger partial charge < -0.3 is 0 Å². The minimum absolute atomic E-state index is 0.0415. The molecule has 0 aliphatic heterocycles. The third-order valence-corrected chi connectivity index (χ3v) is 9.78. The monoisotopic (exact) mass is 444 g/mol. The first kappa shape index (κ1) is 20.6. The van der Waals surface area contributed by atoms with Crippen LogP contribution in [0.5, 0.6) is 0 Å². The summed E-state index contributed by atoms with van der Waals surface area (Å²) in [6, 6.07) is 5.55. The molecule has 4 aliphatic rings. The van der Waals surface area contributed by atoms with Crippen LogP contribution in [-0.4, -0.2) is 11.5 Å². The van der Waals surface area contributed by atoms with Crippen molar-refractivity contribution < 1.29 is 4.79 Å². The topological polar surface area (TPSA) is 41.5 Å². The van der Waals surface area contributed by atoms with Crippen molar-refractivity contribution in [3.05, 3.63) is 39.9 Å². The summed E-state index contributed by atoms with van der Waals surface area (Å²) in [7, 11) is 0. The Bertz CT molecular complexity index is 954. The Kier molecular flexibility index (Phi) is 5.06. The van der Waals surface area contributed by atoms with Crippen LogP contribution < -0.4 is 5.43 Å². The zero-order valence-corrected chi connectivity index (χ0v) is 19.3. The summed E-state index contributed by atoms with van der Waals surface area (Å²) in [5.41, 5.74) is 6.72. The van der Waals surface area contributed by atoms with Crippen molar-refractivity contribution in [2.75, 3.05) is 5.43 Å². The molecule has 5 heteroatoms. The van der Waals surface area contributed by atoms with Gasteiger partial charge in [-0.25, -0.2) is 0 Å². The van der Waals surface area contributed by atoms with Gasteiger partial charge in [-0.1, -0.05) is 48.7 Å². The fourth-order valence-electron chi connectivity index (χ4n) is 7.15. The lowest BCUT2D eigenvalue weighted by Crippen LogP contribution is -2.50. The molecule has 160 valence electrons. The highest BCUT2D eigenvalue weighted by molar-refractivity contribution is 6.43. The highest BCUT2D eigenvalue weighted by atomic mass is 35.5. The summed E-state index contributed by atoms with van der Waals surface area (Å²) in [4.78, 5) is 12.6. The minimum Gasteiger partial charge on any atom is -0.299 e. The molecule has 0 bridgehead atoms. The number of rotatable bonds is 2. The van der Waals surface area contributed by atoms with E-state index in [0.29, 0.717) is 33.6 Å². The third kappa shape index (κ3) is 3.07. The van der Waals surface area contributed by atoms with E-state index in [1.165, 1.54) is 12.8 Å².